The highest BCUT2D eigenvalue weighted by molar-refractivity contribution is 5.53. The predicted octanol–water partition coefficient (Wildman–Crippen LogP) is 3.00. The minimum Gasteiger partial charge on any atom is -0.355 e. The zero-order chi connectivity index (χ0) is 18.9. The number of piperazine rings is 1. The molecule has 6 nitrogen and oxygen atoms in total. The van der Waals surface area contributed by atoms with Gasteiger partial charge in [-0.25, -0.2) is 4.98 Å². The third kappa shape index (κ3) is 3.27. The Hall–Kier alpha value is -2.44. The van der Waals surface area contributed by atoms with Crippen LogP contribution < -0.4 is 15.5 Å². The van der Waals surface area contributed by atoms with Crippen LogP contribution in [0.1, 0.15) is 48.3 Å². The van der Waals surface area contributed by atoms with Crippen molar-refractivity contribution in [1.82, 2.24) is 25.0 Å². The van der Waals surface area contributed by atoms with Crippen molar-refractivity contribution in [2.45, 2.75) is 38.3 Å². The molecule has 3 aromatic rings. The van der Waals surface area contributed by atoms with Crippen molar-refractivity contribution >= 4 is 11.5 Å². The van der Waals surface area contributed by atoms with E-state index in [1.165, 1.54) is 23.5 Å². The van der Waals surface area contributed by atoms with Crippen LogP contribution in [0.15, 0.2) is 42.7 Å². The second kappa shape index (κ2) is 7.53. The number of anilines is 1. The molecule has 0 aromatic carbocycles. The van der Waals surface area contributed by atoms with E-state index in [-0.39, 0.29) is 6.04 Å². The topological polar surface area (TPSA) is 57.5 Å². The molecule has 0 aliphatic carbocycles. The van der Waals surface area contributed by atoms with Gasteiger partial charge in [-0.05, 0) is 49.9 Å². The maximum absolute atomic E-state index is 4.98. The van der Waals surface area contributed by atoms with Crippen molar-refractivity contribution in [1.29, 1.82) is 0 Å². The summed E-state index contributed by atoms with van der Waals surface area (Å²) in [7, 11) is 0. The van der Waals surface area contributed by atoms with Gasteiger partial charge >= 0.3 is 0 Å². The van der Waals surface area contributed by atoms with Crippen molar-refractivity contribution in [3.63, 3.8) is 0 Å². The van der Waals surface area contributed by atoms with E-state index in [4.69, 9.17) is 4.98 Å². The van der Waals surface area contributed by atoms with Crippen LogP contribution in [0.25, 0.3) is 5.65 Å². The summed E-state index contributed by atoms with van der Waals surface area (Å²) in [6, 6.07) is 11.2. The first-order valence-electron chi connectivity index (χ1n) is 10.4. The molecule has 5 heterocycles. The molecule has 146 valence electrons. The largest absolute Gasteiger partial charge is 0.355 e. The van der Waals surface area contributed by atoms with Crippen molar-refractivity contribution in [2.24, 2.45) is 0 Å². The molecule has 0 amide bonds. The fraction of sp³-hybridized carbons (Fsp3) is 0.455. The van der Waals surface area contributed by atoms with Gasteiger partial charge in [-0.1, -0.05) is 12.1 Å². The van der Waals surface area contributed by atoms with Crippen LogP contribution in [0.2, 0.25) is 0 Å². The van der Waals surface area contributed by atoms with Gasteiger partial charge in [-0.2, -0.15) is 0 Å². The van der Waals surface area contributed by atoms with Crippen LogP contribution in [0.3, 0.4) is 0 Å². The van der Waals surface area contributed by atoms with Gasteiger partial charge < -0.3 is 15.5 Å². The third-order valence-electron chi connectivity index (χ3n) is 6.06. The number of nitrogens with zero attached hydrogens (tertiary/aromatic N) is 4. The zero-order valence-corrected chi connectivity index (χ0v) is 16.4. The molecule has 2 atom stereocenters. The number of nitrogens with one attached hydrogen (secondary N) is 2. The summed E-state index contributed by atoms with van der Waals surface area (Å²) in [5.41, 5.74) is 4.61. The second-order valence-electron chi connectivity index (χ2n) is 7.92. The number of hydrogen-bond acceptors (Lipinski definition) is 5. The highest BCUT2D eigenvalue weighted by atomic mass is 15.3. The van der Waals surface area contributed by atoms with Crippen LogP contribution in [0.4, 0.5) is 5.82 Å². The molecule has 28 heavy (non-hydrogen) atoms. The Labute approximate surface area is 166 Å². The molecule has 3 aromatic heterocycles. The predicted molar refractivity (Wildman–Crippen MR) is 112 cm³/mol. The van der Waals surface area contributed by atoms with Crippen LogP contribution in [0.5, 0.6) is 0 Å². The molecule has 2 N–H and O–H groups in total. The number of pyridine rings is 2. The first-order valence-corrected chi connectivity index (χ1v) is 10.4. The smallest absolute Gasteiger partial charge is 0.138 e. The molecule has 2 aliphatic heterocycles. The number of piperidine rings is 1. The summed E-state index contributed by atoms with van der Waals surface area (Å²) >= 11 is 0. The van der Waals surface area contributed by atoms with Crippen LogP contribution in [-0.4, -0.2) is 40.5 Å². The van der Waals surface area contributed by atoms with Gasteiger partial charge in [0.05, 0.1) is 23.5 Å². The van der Waals surface area contributed by atoms with Crippen LogP contribution in [0, 0.1) is 6.92 Å². The Kier molecular flexibility index (Phi) is 4.74. The number of hydrogen-bond donors (Lipinski definition) is 2. The van der Waals surface area contributed by atoms with E-state index in [1.54, 1.807) is 0 Å². The maximum atomic E-state index is 4.98. The Balaban J connectivity index is 1.43. The van der Waals surface area contributed by atoms with Gasteiger partial charge in [0, 0.05) is 38.6 Å². The van der Waals surface area contributed by atoms with Crippen LogP contribution >= 0.6 is 0 Å². The van der Waals surface area contributed by atoms with E-state index in [0.717, 1.165) is 50.4 Å². The summed E-state index contributed by atoms with van der Waals surface area (Å²) in [5, 5.41) is 7.26. The lowest BCUT2D eigenvalue weighted by Gasteiger charge is -2.30. The minimum atomic E-state index is 0.274. The molecular formula is C22H28N6. The van der Waals surface area contributed by atoms with Gasteiger partial charge in [-0.15, -0.1) is 0 Å². The summed E-state index contributed by atoms with van der Waals surface area (Å²) in [6.45, 7) is 6.30. The number of imidazole rings is 1. The van der Waals surface area contributed by atoms with E-state index < -0.39 is 0 Å². The molecular weight excluding hydrogens is 348 g/mol. The second-order valence-corrected chi connectivity index (χ2v) is 7.92. The zero-order valence-electron chi connectivity index (χ0n) is 16.4. The highest BCUT2D eigenvalue weighted by Gasteiger charge is 2.27. The maximum Gasteiger partial charge on any atom is 0.138 e. The molecule has 2 saturated heterocycles. The summed E-state index contributed by atoms with van der Waals surface area (Å²) in [5.74, 6) is 1.24. The number of aryl methyl sites for hydroxylation is 1. The molecule has 5 rings (SSSR count). The number of aromatic nitrogens is 3. The van der Waals surface area contributed by atoms with Gasteiger partial charge in [0.1, 0.15) is 11.5 Å². The van der Waals surface area contributed by atoms with Crippen LogP contribution in [-0.2, 0) is 0 Å². The van der Waals surface area contributed by atoms with Crippen molar-refractivity contribution in [3.8, 4) is 0 Å². The fourth-order valence-electron chi connectivity index (χ4n) is 4.58. The van der Waals surface area contributed by atoms with Crippen molar-refractivity contribution < 1.29 is 0 Å². The molecule has 2 fully saturated rings. The standard InChI is InChI=1S/C22H28N6/c1-16-5-4-10-24-22(16)18-7-2-6-17(25-18)19-15-28-20(26-19)8-3-9-21(28)27-13-11-23-12-14-27/h3-5,8-10,15,17-18,23,25H,2,6-7,11-14H2,1H3/t17-,18+/m1/s1. The number of rotatable bonds is 3. The van der Waals surface area contributed by atoms with Gasteiger partial charge in [-0.3, -0.25) is 9.38 Å². The fourth-order valence-corrected chi connectivity index (χ4v) is 4.58. The molecule has 0 bridgehead atoms. The first-order chi connectivity index (χ1) is 13.8. The van der Waals surface area contributed by atoms with Crippen molar-refractivity contribution in [3.05, 3.63) is 59.7 Å². The average molecular weight is 377 g/mol. The molecule has 2 aliphatic rings. The minimum absolute atomic E-state index is 0.274. The molecule has 0 unspecified atom stereocenters. The first kappa shape index (κ1) is 17.6. The normalized spacial score (nSPS) is 23.2. The third-order valence-corrected chi connectivity index (χ3v) is 6.06. The highest BCUT2D eigenvalue weighted by Crippen LogP contribution is 2.33. The SMILES string of the molecule is Cc1cccnc1[C@@H]1CCC[C@H](c2cn3c(N4CCNCC4)cccc3n2)N1. The summed E-state index contributed by atoms with van der Waals surface area (Å²) < 4.78 is 2.26. The van der Waals surface area contributed by atoms with Gasteiger partial charge in [0.25, 0.3) is 0 Å². The Morgan fingerprint density at radius 2 is 1.89 bits per heavy atom. The van der Waals surface area contributed by atoms with E-state index >= 15 is 0 Å². The quantitative estimate of drug-likeness (QED) is 0.736. The Bertz CT molecular complexity index is 959. The lowest BCUT2D eigenvalue weighted by molar-refractivity contribution is 0.321. The Morgan fingerprint density at radius 1 is 1.04 bits per heavy atom. The van der Waals surface area contributed by atoms with E-state index in [0.29, 0.717) is 6.04 Å². The molecule has 6 heteroatoms. The van der Waals surface area contributed by atoms with Gasteiger partial charge in [0.2, 0.25) is 0 Å². The average Bonchev–Trinajstić information content (AvgIpc) is 3.19. The number of fused-ring (bicyclic) bond motifs is 1. The van der Waals surface area contributed by atoms with Crippen molar-refractivity contribution in [2.75, 3.05) is 31.1 Å². The van der Waals surface area contributed by atoms with Gasteiger partial charge in [0.15, 0.2) is 0 Å². The molecule has 0 saturated carbocycles. The van der Waals surface area contributed by atoms with E-state index in [1.807, 2.05) is 12.3 Å². The molecule has 0 radical (unpaired) electrons. The lowest BCUT2D eigenvalue weighted by atomic mass is 9.93. The van der Waals surface area contributed by atoms with E-state index in [2.05, 4.69) is 62.3 Å². The summed E-state index contributed by atoms with van der Waals surface area (Å²) in [4.78, 5) is 12.1. The monoisotopic (exact) mass is 376 g/mol. The molecule has 0 spiro atoms. The summed E-state index contributed by atoms with van der Waals surface area (Å²) in [6.07, 6.45) is 7.58. The lowest BCUT2D eigenvalue weighted by Crippen LogP contribution is -2.44. The Morgan fingerprint density at radius 3 is 2.75 bits per heavy atom. The van der Waals surface area contributed by atoms with E-state index in [9.17, 15) is 0 Å².